The van der Waals surface area contributed by atoms with Crippen LogP contribution in [0, 0.1) is 0 Å². The lowest BCUT2D eigenvalue weighted by Gasteiger charge is -2.38. The molecular formula is C31H32ClN7O2. The first kappa shape index (κ1) is 28.2. The minimum absolute atomic E-state index is 0. The molecule has 1 amide bonds. The number of aromatic nitrogens is 4. The Morgan fingerprint density at radius 1 is 1.02 bits per heavy atom. The van der Waals surface area contributed by atoms with Gasteiger partial charge in [0.25, 0.3) is 5.91 Å². The zero-order valence-corrected chi connectivity index (χ0v) is 23.7. The standard InChI is InChI=1S/C31H31N7O2.ClH/c1-30(2,40)29(39)35-21-7-3-6-19(18-21)24-13-14-25-28(36-24)38(27(37-25)23-8-4-17-34-26(23)32)22-11-9-20(10-12-22)31(33)15-5-16-31;/h3-4,6-14,17-18,40H,5,15-16,33H2,1-2H3,(H2,32,34)(H,35,39);1H. The van der Waals surface area contributed by atoms with E-state index in [0.29, 0.717) is 39.8 Å². The fraction of sp³-hybridized carbons (Fsp3) is 0.226. The molecule has 210 valence electrons. The number of anilines is 2. The zero-order valence-electron chi connectivity index (χ0n) is 22.8. The highest BCUT2D eigenvalue weighted by Crippen LogP contribution is 2.39. The van der Waals surface area contributed by atoms with Gasteiger partial charge in [-0.1, -0.05) is 24.3 Å². The van der Waals surface area contributed by atoms with E-state index in [1.54, 1.807) is 12.3 Å². The van der Waals surface area contributed by atoms with Crippen LogP contribution >= 0.6 is 12.4 Å². The molecule has 10 heteroatoms. The van der Waals surface area contributed by atoms with Gasteiger partial charge in [-0.15, -0.1) is 12.4 Å². The summed E-state index contributed by atoms with van der Waals surface area (Å²) in [6.07, 6.45) is 4.76. The quantitative estimate of drug-likeness (QED) is 0.220. The average Bonchev–Trinajstić information content (AvgIpc) is 3.30. The first-order valence-electron chi connectivity index (χ1n) is 13.3. The maximum absolute atomic E-state index is 12.3. The van der Waals surface area contributed by atoms with Crippen LogP contribution in [0.4, 0.5) is 11.5 Å². The summed E-state index contributed by atoms with van der Waals surface area (Å²) in [7, 11) is 0. The van der Waals surface area contributed by atoms with Gasteiger partial charge in [-0.2, -0.15) is 0 Å². The minimum Gasteiger partial charge on any atom is -0.383 e. The second-order valence-corrected chi connectivity index (χ2v) is 10.9. The minimum atomic E-state index is -1.50. The van der Waals surface area contributed by atoms with Crippen LogP contribution in [0.1, 0.15) is 38.7 Å². The summed E-state index contributed by atoms with van der Waals surface area (Å²) in [6.45, 7) is 2.89. The fourth-order valence-electron chi connectivity index (χ4n) is 4.98. The van der Waals surface area contributed by atoms with Crippen molar-refractivity contribution in [2.45, 2.75) is 44.2 Å². The topological polar surface area (TPSA) is 145 Å². The van der Waals surface area contributed by atoms with Crippen molar-refractivity contribution in [3.63, 3.8) is 0 Å². The van der Waals surface area contributed by atoms with Crippen LogP contribution in [0.5, 0.6) is 0 Å². The largest absolute Gasteiger partial charge is 0.383 e. The number of pyridine rings is 2. The molecule has 0 unspecified atom stereocenters. The molecule has 1 aliphatic carbocycles. The van der Waals surface area contributed by atoms with Gasteiger partial charge >= 0.3 is 0 Å². The van der Waals surface area contributed by atoms with Gasteiger partial charge in [0.05, 0.1) is 11.3 Å². The van der Waals surface area contributed by atoms with Crippen LogP contribution < -0.4 is 16.8 Å². The molecule has 6 N–H and O–H groups in total. The van der Waals surface area contributed by atoms with Crippen molar-refractivity contribution in [3.05, 3.63) is 84.6 Å². The number of nitrogens with two attached hydrogens (primary N) is 2. The van der Waals surface area contributed by atoms with E-state index < -0.39 is 11.5 Å². The average molecular weight is 570 g/mol. The van der Waals surface area contributed by atoms with Gasteiger partial charge in [0, 0.05) is 28.7 Å². The molecule has 1 fully saturated rings. The molecule has 0 atom stereocenters. The number of nitrogens with zero attached hydrogens (tertiary/aromatic N) is 4. The highest BCUT2D eigenvalue weighted by atomic mass is 35.5. The van der Waals surface area contributed by atoms with Crippen molar-refractivity contribution < 1.29 is 9.90 Å². The van der Waals surface area contributed by atoms with Crippen LogP contribution in [0.2, 0.25) is 0 Å². The number of fused-ring (bicyclic) bond motifs is 1. The number of benzene rings is 2. The van der Waals surface area contributed by atoms with E-state index in [0.717, 1.165) is 36.1 Å². The number of imidazole rings is 1. The highest BCUT2D eigenvalue weighted by Gasteiger charge is 2.34. The van der Waals surface area contributed by atoms with Gasteiger partial charge in [-0.05, 0) is 87.2 Å². The summed E-state index contributed by atoms with van der Waals surface area (Å²) < 4.78 is 1.99. The van der Waals surface area contributed by atoms with Crippen LogP contribution in [0.3, 0.4) is 0 Å². The molecule has 3 aromatic heterocycles. The third-order valence-electron chi connectivity index (χ3n) is 7.50. The molecule has 0 saturated heterocycles. The maximum Gasteiger partial charge on any atom is 0.255 e. The molecule has 0 aliphatic heterocycles. The predicted octanol–water partition coefficient (Wildman–Crippen LogP) is 5.20. The Bertz CT molecular complexity index is 1740. The first-order chi connectivity index (χ1) is 19.1. The van der Waals surface area contributed by atoms with Crippen LogP contribution in [-0.4, -0.2) is 36.1 Å². The van der Waals surface area contributed by atoms with E-state index >= 15 is 0 Å². The second-order valence-electron chi connectivity index (χ2n) is 10.9. The third-order valence-corrected chi connectivity index (χ3v) is 7.50. The molecule has 0 radical (unpaired) electrons. The lowest BCUT2D eigenvalue weighted by molar-refractivity contribution is -0.130. The van der Waals surface area contributed by atoms with E-state index in [4.69, 9.17) is 21.4 Å². The number of hydrogen-bond acceptors (Lipinski definition) is 7. The van der Waals surface area contributed by atoms with Crippen molar-refractivity contribution in [2.75, 3.05) is 11.1 Å². The highest BCUT2D eigenvalue weighted by molar-refractivity contribution is 5.97. The molecule has 5 aromatic rings. The van der Waals surface area contributed by atoms with Gasteiger partial charge in [-0.3, -0.25) is 9.36 Å². The normalized spacial score (nSPS) is 14.2. The molecule has 41 heavy (non-hydrogen) atoms. The summed E-state index contributed by atoms with van der Waals surface area (Å²) in [5, 5.41) is 12.8. The number of amides is 1. The summed E-state index contributed by atoms with van der Waals surface area (Å²) in [6, 6.07) is 23.1. The van der Waals surface area contributed by atoms with Crippen LogP contribution in [0.25, 0.3) is 39.5 Å². The molecule has 2 aromatic carbocycles. The molecular weight excluding hydrogens is 538 g/mol. The Kier molecular flexibility index (Phi) is 7.29. The number of hydrogen-bond donors (Lipinski definition) is 4. The molecule has 1 saturated carbocycles. The first-order valence-corrected chi connectivity index (χ1v) is 13.3. The monoisotopic (exact) mass is 569 g/mol. The summed E-state index contributed by atoms with van der Waals surface area (Å²) in [5.41, 5.74) is 17.2. The number of nitrogens with one attached hydrogen (secondary N) is 1. The second kappa shape index (κ2) is 10.6. The Labute approximate surface area is 244 Å². The van der Waals surface area contributed by atoms with Crippen LogP contribution in [-0.2, 0) is 10.3 Å². The third kappa shape index (κ3) is 5.27. The van der Waals surface area contributed by atoms with Gasteiger partial charge < -0.3 is 21.9 Å². The van der Waals surface area contributed by atoms with Crippen LogP contribution in [0.15, 0.2) is 79.0 Å². The van der Waals surface area contributed by atoms with Gasteiger partial charge in [0.15, 0.2) is 11.5 Å². The van der Waals surface area contributed by atoms with Crippen molar-refractivity contribution in [2.24, 2.45) is 5.73 Å². The van der Waals surface area contributed by atoms with Crippen molar-refractivity contribution in [3.8, 4) is 28.3 Å². The number of carbonyl (C=O) groups is 1. The Balaban J connectivity index is 0.00000337. The Hall–Kier alpha value is -4.31. The predicted molar refractivity (Wildman–Crippen MR) is 164 cm³/mol. The summed E-state index contributed by atoms with van der Waals surface area (Å²) >= 11 is 0. The summed E-state index contributed by atoms with van der Waals surface area (Å²) in [4.78, 5) is 26.5. The number of aliphatic hydroxyl groups is 1. The summed E-state index contributed by atoms with van der Waals surface area (Å²) in [5.74, 6) is 0.520. The molecule has 6 rings (SSSR count). The maximum atomic E-state index is 12.3. The van der Waals surface area contributed by atoms with Crippen molar-refractivity contribution in [1.82, 2.24) is 19.5 Å². The van der Waals surface area contributed by atoms with Gasteiger partial charge in [0.2, 0.25) is 0 Å². The molecule has 0 bridgehead atoms. The SMILES string of the molecule is CC(C)(O)C(=O)Nc1cccc(-c2ccc3nc(-c4cccnc4N)n(-c4ccc(C5(N)CCC5)cc4)c3n2)c1.Cl. The van der Waals surface area contributed by atoms with Gasteiger partial charge in [0.1, 0.15) is 16.9 Å². The lowest BCUT2D eigenvalue weighted by atomic mass is 9.73. The lowest BCUT2D eigenvalue weighted by Crippen LogP contribution is -2.43. The Morgan fingerprint density at radius 2 is 1.78 bits per heavy atom. The number of nitrogen functional groups attached to an aromatic ring is 1. The Morgan fingerprint density at radius 3 is 2.44 bits per heavy atom. The van der Waals surface area contributed by atoms with E-state index in [2.05, 4.69) is 22.4 Å². The van der Waals surface area contributed by atoms with E-state index in [-0.39, 0.29) is 17.9 Å². The number of carbonyl (C=O) groups excluding carboxylic acids is 1. The van der Waals surface area contributed by atoms with Crippen molar-refractivity contribution >= 4 is 41.0 Å². The smallest absolute Gasteiger partial charge is 0.255 e. The fourth-order valence-corrected chi connectivity index (χ4v) is 4.98. The van der Waals surface area contributed by atoms with E-state index in [9.17, 15) is 9.90 Å². The molecule has 3 heterocycles. The van der Waals surface area contributed by atoms with E-state index in [1.807, 2.05) is 59.2 Å². The molecule has 1 aliphatic rings. The van der Waals surface area contributed by atoms with Gasteiger partial charge in [-0.25, -0.2) is 15.0 Å². The van der Waals surface area contributed by atoms with E-state index in [1.165, 1.54) is 13.8 Å². The van der Waals surface area contributed by atoms with Crippen molar-refractivity contribution in [1.29, 1.82) is 0 Å². The number of rotatable bonds is 6. The molecule has 9 nitrogen and oxygen atoms in total. The zero-order chi connectivity index (χ0) is 28.1. The molecule has 0 spiro atoms. The number of halogens is 1.